The molecule has 1 aromatic carbocycles. The van der Waals surface area contributed by atoms with E-state index in [2.05, 4.69) is 5.32 Å². The van der Waals surface area contributed by atoms with Crippen LogP contribution in [0.1, 0.15) is 24.8 Å². The van der Waals surface area contributed by atoms with Crippen molar-refractivity contribution in [3.05, 3.63) is 29.8 Å². The van der Waals surface area contributed by atoms with Crippen LogP contribution in [0.25, 0.3) is 0 Å². The second-order valence-corrected chi connectivity index (χ2v) is 6.87. The van der Waals surface area contributed by atoms with Crippen molar-refractivity contribution < 1.29 is 9.59 Å². The zero-order chi connectivity index (χ0) is 15.8. The maximum atomic E-state index is 12.7. The number of carbonyl (C=O) groups is 2. The molecular formula is C18H24ClN3O2. The molecule has 0 aliphatic carbocycles. The Bertz CT molecular complexity index is 622. The summed E-state index contributed by atoms with van der Waals surface area (Å²) < 4.78 is 0. The van der Waals surface area contributed by atoms with Crippen LogP contribution in [0.15, 0.2) is 24.3 Å². The first kappa shape index (κ1) is 17.2. The smallest absolute Gasteiger partial charge is 0.242 e. The van der Waals surface area contributed by atoms with Crippen LogP contribution in [-0.4, -0.2) is 48.9 Å². The van der Waals surface area contributed by atoms with Gasteiger partial charge in [0.1, 0.15) is 6.54 Å². The van der Waals surface area contributed by atoms with Crippen LogP contribution in [0.2, 0.25) is 0 Å². The van der Waals surface area contributed by atoms with Crippen molar-refractivity contribution in [1.29, 1.82) is 0 Å². The second kappa shape index (κ2) is 7.11. The molecular weight excluding hydrogens is 326 g/mol. The van der Waals surface area contributed by atoms with Crippen LogP contribution >= 0.6 is 12.4 Å². The summed E-state index contributed by atoms with van der Waals surface area (Å²) in [6.45, 7) is 2.85. The van der Waals surface area contributed by atoms with E-state index in [-0.39, 0.29) is 30.8 Å². The zero-order valence-electron chi connectivity index (χ0n) is 13.7. The number of benzene rings is 1. The van der Waals surface area contributed by atoms with Crippen LogP contribution in [0.3, 0.4) is 0 Å². The number of aryl methyl sites for hydroxylation is 1. The quantitative estimate of drug-likeness (QED) is 0.882. The first-order chi connectivity index (χ1) is 11.2. The minimum absolute atomic E-state index is 0. The van der Waals surface area contributed by atoms with Crippen molar-refractivity contribution >= 4 is 29.9 Å². The Morgan fingerprint density at radius 1 is 1.21 bits per heavy atom. The van der Waals surface area contributed by atoms with Crippen molar-refractivity contribution in [3.63, 3.8) is 0 Å². The maximum Gasteiger partial charge on any atom is 0.242 e. The highest BCUT2D eigenvalue weighted by molar-refractivity contribution is 6.01. The molecule has 0 spiro atoms. The molecule has 2 atom stereocenters. The summed E-state index contributed by atoms with van der Waals surface area (Å²) in [5.41, 5.74) is 2.07. The molecule has 0 saturated carbocycles. The van der Waals surface area contributed by atoms with E-state index in [0.717, 1.165) is 37.3 Å². The molecule has 5 nitrogen and oxygen atoms in total. The van der Waals surface area contributed by atoms with Crippen LogP contribution in [0.5, 0.6) is 0 Å². The molecule has 4 rings (SSSR count). The summed E-state index contributed by atoms with van der Waals surface area (Å²) in [7, 11) is 0. The minimum atomic E-state index is 0. The molecule has 0 unspecified atom stereocenters. The van der Waals surface area contributed by atoms with Crippen LogP contribution in [0, 0.1) is 5.92 Å². The molecule has 0 bridgehead atoms. The molecule has 130 valence electrons. The Morgan fingerprint density at radius 2 is 2.04 bits per heavy atom. The molecule has 0 aromatic heterocycles. The van der Waals surface area contributed by atoms with E-state index >= 15 is 0 Å². The third kappa shape index (κ3) is 3.15. The number of hydrogen-bond donors (Lipinski definition) is 1. The van der Waals surface area contributed by atoms with Gasteiger partial charge in [0.05, 0.1) is 0 Å². The average molecular weight is 350 g/mol. The number of para-hydroxylation sites is 1. The van der Waals surface area contributed by atoms with Gasteiger partial charge in [0.2, 0.25) is 11.8 Å². The number of fused-ring (bicyclic) bond motifs is 2. The number of hydrogen-bond acceptors (Lipinski definition) is 3. The van der Waals surface area contributed by atoms with Gasteiger partial charge in [0.15, 0.2) is 0 Å². The molecule has 0 radical (unpaired) electrons. The number of nitrogens with one attached hydrogen (secondary N) is 1. The van der Waals surface area contributed by atoms with Crippen LogP contribution in [0.4, 0.5) is 5.69 Å². The standard InChI is InChI=1S/C18H23N3O2.ClH/c22-17-8-7-13-4-1-2-6-16(13)21(17)12-18(23)20-10-14-5-3-9-19-15(14)11-20;/h1-2,4,6,14-15,19H,3,5,7-12H2;1H/t14-,15+;/m0./s1. The summed E-state index contributed by atoms with van der Waals surface area (Å²) in [5.74, 6) is 0.718. The van der Waals surface area contributed by atoms with Gasteiger partial charge in [-0.3, -0.25) is 9.59 Å². The Balaban J connectivity index is 0.00000169. The Hall–Kier alpha value is -1.59. The predicted octanol–water partition coefficient (Wildman–Crippen LogP) is 1.60. The highest BCUT2D eigenvalue weighted by Crippen LogP contribution is 2.29. The topological polar surface area (TPSA) is 52.7 Å². The summed E-state index contributed by atoms with van der Waals surface area (Å²) in [6.07, 6.45) is 3.67. The SMILES string of the molecule is Cl.O=C(CN1C(=O)CCc2ccccc21)N1C[C@@H]2CCCN[C@@H]2C1. The van der Waals surface area contributed by atoms with Gasteiger partial charge in [0, 0.05) is 31.2 Å². The summed E-state index contributed by atoms with van der Waals surface area (Å²) >= 11 is 0. The Labute approximate surface area is 148 Å². The lowest BCUT2D eigenvalue weighted by Crippen LogP contribution is -2.45. The van der Waals surface area contributed by atoms with Gasteiger partial charge in [-0.25, -0.2) is 0 Å². The van der Waals surface area contributed by atoms with Gasteiger partial charge in [0.25, 0.3) is 0 Å². The molecule has 3 aliphatic rings. The third-order valence-electron chi connectivity index (χ3n) is 5.44. The summed E-state index contributed by atoms with van der Waals surface area (Å²) in [6, 6.07) is 8.37. The third-order valence-corrected chi connectivity index (χ3v) is 5.44. The van der Waals surface area contributed by atoms with E-state index in [4.69, 9.17) is 0 Å². The lowest BCUT2D eigenvalue weighted by atomic mass is 9.94. The molecule has 3 aliphatic heterocycles. The highest BCUT2D eigenvalue weighted by Gasteiger charge is 2.37. The van der Waals surface area contributed by atoms with Crippen molar-refractivity contribution in [1.82, 2.24) is 10.2 Å². The van der Waals surface area contributed by atoms with E-state index in [9.17, 15) is 9.59 Å². The zero-order valence-corrected chi connectivity index (χ0v) is 14.6. The van der Waals surface area contributed by atoms with Gasteiger partial charge in [-0.15, -0.1) is 12.4 Å². The van der Waals surface area contributed by atoms with Gasteiger partial charge >= 0.3 is 0 Å². The fourth-order valence-electron chi connectivity index (χ4n) is 4.16. The van der Waals surface area contributed by atoms with Crippen LogP contribution < -0.4 is 10.2 Å². The van der Waals surface area contributed by atoms with Gasteiger partial charge in [-0.1, -0.05) is 18.2 Å². The van der Waals surface area contributed by atoms with Crippen molar-refractivity contribution in [2.24, 2.45) is 5.92 Å². The van der Waals surface area contributed by atoms with E-state index < -0.39 is 0 Å². The monoisotopic (exact) mass is 349 g/mol. The highest BCUT2D eigenvalue weighted by atomic mass is 35.5. The molecule has 6 heteroatoms. The number of carbonyl (C=O) groups excluding carboxylic acids is 2. The molecule has 2 saturated heterocycles. The number of anilines is 1. The molecule has 2 amide bonds. The summed E-state index contributed by atoms with van der Waals surface area (Å²) in [5, 5.41) is 3.52. The maximum absolute atomic E-state index is 12.7. The Morgan fingerprint density at radius 3 is 2.88 bits per heavy atom. The largest absolute Gasteiger partial charge is 0.339 e. The number of rotatable bonds is 2. The van der Waals surface area contributed by atoms with E-state index in [1.807, 2.05) is 29.2 Å². The average Bonchev–Trinajstić information content (AvgIpc) is 3.01. The van der Waals surface area contributed by atoms with Crippen molar-refractivity contribution in [3.8, 4) is 0 Å². The number of halogens is 1. The second-order valence-electron chi connectivity index (χ2n) is 6.87. The number of amides is 2. The lowest BCUT2D eigenvalue weighted by molar-refractivity contribution is -0.130. The van der Waals surface area contributed by atoms with Crippen molar-refractivity contribution in [2.75, 3.05) is 31.1 Å². The molecule has 3 heterocycles. The predicted molar refractivity (Wildman–Crippen MR) is 95.5 cm³/mol. The van der Waals surface area contributed by atoms with Crippen LogP contribution in [-0.2, 0) is 16.0 Å². The van der Waals surface area contributed by atoms with Gasteiger partial charge < -0.3 is 15.1 Å². The molecule has 1 N–H and O–H groups in total. The van der Waals surface area contributed by atoms with Gasteiger partial charge in [-0.2, -0.15) is 0 Å². The van der Waals surface area contributed by atoms with Crippen molar-refractivity contribution in [2.45, 2.75) is 31.7 Å². The lowest BCUT2D eigenvalue weighted by Gasteiger charge is -2.30. The number of piperidine rings is 1. The number of likely N-dealkylation sites (tertiary alicyclic amines) is 1. The van der Waals surface area contributed by atoms with Gasteiger partial charge in [-0.05, 0) is 43.4 Å². The minimum Gasteiger partial charge on any atom is -0.339 e. The number of nitrogens with zero attached hydrogens (tertiary/aromatic N) is 2. The molecule has 24 heavy (non-hydrogen) atoms. The van der Waals surface area contributed by atoms with E-state index in [0.29, 0.717) is 18.4 Å². The molecule has 1 aromatic rings. The fraction of sp³-hybridized carbons (Fsp3) is 0.556. The summed E-state index contributed by atoms with van der Waals surface area (Å²) in [4.78, 5) is 28.6. The van der Waals surface area contributed by atoms with E-state index in [1.54, 1.807) is 4.90 Å². The normalized spacial score (nSPS) is 25.8. The van der Waals surface area contributed by atoms with E-state index in [1.165, 1.54) is 12.8 Å². The molecule has 2 fully saturated rings. The fourth-order valence-corrected chi connectivity index (χ4v) is 4.16. The Kier molecular flexibility index (Phi) is 5.11. The first-order valence-corrected chi connectivity index (χ1v) is 8.62. The first-order valence-electron chi connectivity index (χ1n) is 8.62.